The van der Waals surface area contributed by atoms with Crippen LogP contribution in [0.1, 0.15) is 6.92 Å². The number of hydrogen-bond donors (Lipinski definition) is 2. The summed E-state index contributed by atoms with van der Waals surface area (Å²) < 4.78 is 10.7. The first-order valence-corrected chi connectivity index (χ1v) is 8.73. The highest BCUT2D eigenvalue weighted by atomic mass is 16.5. The van der Waals surface area contributed by atoms with E-state index in [4.69, 9.17) is 15.2 Å². The van der Waals surface area contributed by atoms with E-state index in [-0.39, 0.29) is 0 Å². The van der Waals surface area contributed by atoms with E-state index in [9.17, 15) is 0 Å². The van der Waals surface area contributed by atoms with E-state index in [1.54, 1.807) is 14.2 Å². The molecule has 140 valence electrons. The lowest BCUT2D eigenvalue weighted by Crippen LogP contribution is -2.46. The van der Waals surface area contributed by atoms with Crippen LogP contribution >= 0.6 is 0 Å². The summed E-state index contributed by atoms with van der Waals surface area (Å²) in [7, 11) is 3.24. The fourth-order valence-electron chi connectivity index (χ4n) is 3.05. The number of methoxy groups -OCH3 is 2. The Morgan fingerprint density at radius 2 is 1.88 bits per heavy atom. The van der Waals surface area contributed by atoms with Gasteiger partial charge in [-0.2, -0.15) is 0 Å². The summed E-state index contributed by atoms with van der Waals surface area (Å²) >= 11 is 0. The fourth-order valence-corrected chi connectivity index (χ4v) is 3.05. The van der Waals surface area contributed by atoms with Gasteiger partial charge in [-0.3, -0.25) is 0 Å². The minimum atomic E-state index is 0.530. The zero-order valence-electron chi connectivity index (χ0n) is 15.5. The highest BCUT2D eigenvalue weighted by Gasteiger charge is 2.21. The van der Waals surface area contributed by atoms with Crippen molar-refractivity contribution in [3.05, 3.63) is 24.5 Å². The number of nitrogens with zero attached hydrogens (tertiary/aromatic N) is 4. The topological polar surface area (TPSA) is 88.8 Å². The summed E-state index contributed by atoms with van der Waals surface area (Å²) in [6, 6.07) is 5.52. The molecule has 0 spiro atoms. The standard InChI is InChI=1S/C18H26N6O2/c1-4-23-7-9-24(10-8-23)18-16(19)17(20-12-21-18)22-14-11-13(25-2)5-6-15(14)26-3/h5-6,11-12H,4,7-10,19H2,1-3H3,(H,20,21,22). The maximum atomic E-state index is 6.38. The molecule has 0 aliphatic carbocycles. The van der Waals surface area contributed by atoms with Crippen molar-refractivity contribution in [2.24, 2.45) is 0 Å². The van der Waals surface area contributed by atoms with Crippen molar-refractivity contribution >= 4 is 23.0 Å². The first-order chi connectivity index (χ1) is 12.7. The molecule has 2 aromatic rings. The molecule has 0 saturated carbocycles. The molecule has 26 heavy (non-hydrogen) atoms. The van der Waals surface area contributed by atoms with Crippen LogP contribution in [-0.2, 0) is 0 Å². The molecule has 1 fully saturated rings. The first kappa shape index (κ1) is 18.1. The fraction of sp³-hybridized carbons (Fsp3) is 0.444. The number of nitrogen functional groups attached to an aromatic ring is 1. The zero-order chi connectivity index (χ0) is 18.5. The third kappa shape index (κ3) is 3.75. The van der Waals surface area contributed by atoms with Gasteiger partial charge >= 0.3 is 0 Å². The third-order valence-corrected chi connectivity index (χ3v) is 4.64. The Balaban J connectivity index is 1.84. The van der Waals surface area contributed by atoms with Gasteiger partial charge < -0.3 is 30.3 Å². The molecule has 1 aliphatic rings. The van der Waals surface area contributed by atoms with Crippen LogP contribution in [0, 0.1) is 0 Å². The van der Waals surface area contributed by atoms with Gasteiger partial charge in [0.25, 0.3) is 0 Å². The lowest BCUT2D eigenvalue weighted by Gasteiger charge is -2.35. The molecule has 8 heteroatoms. The number of rotatable bonds is 6. The van der Waals surface area contributed by atoms with Crippen LogP contribution < -0.4 is 25.4 Å². The Hall–Kier alpha value is -2.74. The van der Waals surface area contributed by atoms with Gasteiger partial charge in [0.15, 0.2) is 11.6 Å². The van der Waals surface area contributed by atoms with E-state index in [1.165, 1.54) is 6.33 Å². The highest BCUT2D eigenvalue weighted by Crippen LogP contribution is 2.34. The summed E-state index contributed by atoms with van der Waals surface area (Å²) in [6.07, 6.45) is 1.53. The monoisotopic (exact) mass is 358 g/mol. The number of benzene rings is 1. The molecule has 8 nitrogen and oxygen atoms in total. The molecule has 1 aromatic heterocycles. The van der Waals surface area contributed by atoms with Gasteiger partial charge in [0.05, 0.1) is 19.9 Å². The molecule has 0 unspecified atom stereocenters. The minimum absolute atomic E-state index is 0.530. The Morgan fingerprint density at radius 3 is 2.54 bits per heavy atom. The molecule has 3 N–H and O–H groups in total. The van der Waals surface area contributed by atoms with Crippen LogP contribution in [0.3, 0.4) is 0 Å². The van der Waals surface area contributed by atoms with Crippen LogP contribution in [0.25, 0.3) is 0 Å². The van der Waals surface area contributed by atoms with E-state index < -0.39 is 0 Å². The van der Waals surface area contributed by atoms with Crippen LogP contribution in [0.15, 0.2) is 24.5 Å². The number of ether oxygens (including phenoxy) is 2. The van der Waals surface area contributed by atoms with E-state index in [0.29, 0.717) is 17.3 Å². The third-order valence-electron chi connectivity index (χ3n) is 4.64. The second kappa shape index (κ2) is 8.09. The lowest BCUT2D eigenvalue weighted by molar-refractivity contribution is 0.270. The number of likely N-dealkylation sites (N-methyl/N-ethyl adjacent to an activating group) is 1. The minimum Gasteiger partial charge on any atom is -0.497 e. The molecular formula is C18H26N6O2. The van der Waals surface area contributed by atoms with Gasteiger partial charge in [-0.05, 0) is 18.7 Å². The van der Waals surface area contributed by atoms with E-state index >= 15 is 0 Å². The van der Waals surface area contributed by atoms with E-state index in [1.807, 2.05) is 18.2 Å². The maximum absolute atomic E-state index is 6.38. The van der Waals surface area contributed by atoms with Gasteiger partial charge in [-0.25, -0.2) is 9.97 Å². The average molecular weight is 358 g/mol. The van der Waals surface area contributed by atoms with Crippen LogP contribution in [-0.4, -0.2) is 61.8 Å². The number of anilines is 4. The van der Waals surface area contributed by atoms with Gasteiger partial charge in [-0.15, -0.1) is 0 Å². The molecule has 3 rings (SSSR count). The number of nitrogens with two attached hydrogens (primary N) is 1. The SMILES string of the molecule is CCN1CCN(c2ncnc(Nc3cc(OC)ccc3OC)c2N)CC1. The number of nitrogens with one attached hydrogen (secondary N) is 1. The second-order valence-corrected chi connectivity index (χ2v) is 6.07. The summed E-state index contributed by atoms with van der Waals surface area (Å²) in [5, 5.41) is 3.25. The van der Waals surface area contributed by atoms with Gasteiger partial charge in [-0.1, -0.05) is 6.92 Å². The summed E-state index contributed by atoms with van der Waals surface area (Å²) in [4.78, 5) is 13.3. The Labute approximate surface area is 153 Å². The quantitative estimate of drug-likeness (QED) is 0.810. The Kier molecular flexibility index (Phi) is 5.62. The van der Waals surface area contributed by atoms with Gasteiger partial charge in [0, 0.05) is 32.2 Å². The second-order valence-electron chi connectivity index (χ2n) is 6.07. The number of hydrogen-bond acceptors (Lipinski definition) is 8. The summed E-state index contributed by atoms with van der Waals surface area (Å²) in [5.41, 5.74) is 7.64. The highest BCUT2D eigenvalue weighted by molar-refractivity contribution is 5.80. The lowest BCUT2D eigenvalue weighted by atomic mass is 10.2. The van der Waals surface area contributed by atoms with E-state index in [0.717, 1.165) is 50.0 Å². The summed E-state index contributed by atoms with van der Waals surface area (Å²) in [6.45, 7) is 7.06. The number of piperazine rings is 1. The number of aromatic nitrogens is 2. The molecule has 0 bridgehead atoms. The predicted molar refractivity (Wildman–Crippen MR) is 104 cm³/mol. The summed E-state index contributed by atoms with van der Waals surface area (Å²) in [5.74, 6) is 2.72. The zero-order valence-corrected chi connectivity index (χ0v) is 15.5. The molecule has 0 radical (unpaired) electrons. The molecule has 1 aliphatic heterocycles. The maximum Gasteiger partial charge on any atom is 0.159 e. The van der Waals surface area contributed by atoms with Crippen molar-refractivity contribution in [3.63, 3.8) is 0 Å². The van der Waals surface area contributed by atoms with Gasteiger partial charge in [0.1, 0.15) is 23.5 Å². The molecule has 0 amide bonds. The van der Waals surface area contributed by atoms with Crippen LogP contribution in [0.2, 0.25) is 0 Å². The molecule has 0 atom stereocenters. The van der Waals surface area contributed by atoms with E-state index in [2.05, 4.69) is 32.0 Å². The molecule has 1 saturated heterocycles. The van der Waals surface area contributed by atoms with Gasteiger partial charge in [0.2, 0.25) is 0 Å². The van der Waals surface area contributed by atoms with Crippen molar-refractivity contribution < 1.29 is 9.47 Å². The largest absolute Gasteiger partial charge is 0.497 e. The Bertz CT molecular complexity index is 746. The average Bonchev–Trinajstić information content (AvgIpc) is 2.69. The van der Waals surface area contributed by atoms with Crippen molar-refractivity contribution in [3.8, 4) is 11.5 Å². The normalized spacial score (nSPS) is 15.0. The first-order valence-electron chi connectivity index (χ1n) is 8.73. The van der Waals surface area contributed by atoms with Crippen molar-refractivity contribution in [2.45, 2.75) is 6.92 Å². The van der Waals surface area contributed by atoms with Crippen molar-refractivity contribution in [1.29, 1.82) is 0 Å². The van der Waals surface area contributed by atoms with Crippen LogP contribution in [0.5, 0.6) is 11.5 Å². The van der Waals surface area contributed by atoms with Crippen molar-refractivity contribution in [1.82, 2.24) is 14.9 Å². The smallest absolute Gasteiger partial charge is 0.159 e. The van der Waals surface area contributed by atoms with Crippen molar-refractivity contribution in [2.75, 3.05) is 62.9 Å². The van der Waals surface area contributed by atoms with Crippen LogP contribution in [0.4, 0.5) is 23.0 Å². The predicted octanol–water partition coefficient (Wildman–Crippen LogP) is 1.96. The molecular weight excluding hydrogens is 332 g/mol. The molecule has 1 aromatic carbocycles. The Morgan fingerprint density at radius 1 is 1.12 bits per heavy atom. The molecule has 2 heterocycles.